The van der Waals surface area contributed by atoms with Gasteiger partial charge in [-0.15, -0.1) is 5.10 Å². The normalized spacial score (nSPS) is 18.0. The zero-order valence-electron chi connectivity index (χ0n) is 5.44. The molecular formula is C5H9N5. The highest BCUT2D eigenvalue weighted by Crippen LogP contribution is 1.93. The SMILES string of the molecule is NN=C(N)N1C=CC=NC1. The van der Waals surface area contributed by atoms with Crippen LogP contribution >= 0.6 is 0 Å². The van der Waals surface area contributed by atoms with Gasteiger partial charge in [0, 0.05) is 12.4 Å². The molecule has 10 heavy (non-hydrogen) atoms. The van der Waals surface area contributed by atoms with E-state index in [0.29, 0.717) is 6.67 Å². The van der Waals surface area contributed by atoms with Crippen molar-refractivity contribution in [3.8, 4) is 0 Å². The highest BCUT2D eigenvalue weighted by atomic mass is 15.3. The molecule has 5 nitrogen and oxygen atoms in total. The van der Waals surface area contributed by atoms with Crippen molar-refractivity contribution in [2.45, 2.75) is 0 Å². The van der Waals surface area contributed by atoms with Gasteiger partial charge in [0.2, 0.25) is 5.96 Å². The summed E-state index contributed by atoms with van der Waals surface area (Å²) < 4.78 is 0. The Bertz CT molecular complexity index is 192. The number of nitrogens with two attached hydrogens (primary N) is 2. The van der Waals surface area contributed by atoms with E-state index in [2.05, 4.69) is 10.1 Å². The molecule has 0 fully saturated rings. The summed E-state index contributed by atoms with van der Waals surface area (Å²) in [5, 5.41) is 3.31. The van der Waals surface area contributed by atoms with Crippen LogP contribution in [0.3, 0.4) is 0 Å². The predicted octanol–water partition coefficient (Wildman–Crippen LogP) is -0.968. The van der Waals surface area contributed by atoms with Crippen molar-refractivity contribution >= 4 is 12.2 Å². The Kier molecular flexibility index (Phi) is 1.89. The van der Waals surface area contributed by atoms with Crippen molar-refractivity contribution in [1.29, 1.82) is 0 Å². The molecule has 0 atom stereocenters. The standard InChI is InChI=1S/C5H9N5/c6-5(9-7)10-3-1-2-8-4-10/h1-3H,4,7H2,(H2,6,9). The van der Waals surface area contributed by atoms with Gasteiger partial charge in [-0.05, 0) is 6.08 Å². The van der Waals surface area contributed by atoms with Crippen LogP contribution < -0.4 is 11.6 Å². The second-order valence-electron chi connectivity index (χ2n) is 1.77. The van der Waals surface area contributed by atoms with Gasteiger partial charge in [-0.1, -0.05) is 0 Å². The maximum atomic E-state index is 5.37. The first-order valence-corrected chi connectivity index (χ1v) is 2.81. The third-order valence-corrected chi connectivity index (χ3v) is 1.12. The first-order chi connectivity index (χ1) is 4.84. The number of rotatable bonds is 0. The molecule has 1 aliphatic heterocycles. The summed E-state index contributed by atoms with van der Waals surface area (Å²) in [7, 11) is 0. The fraction of sp³-hybridized carbons (Fsp3) is 0.200. The number of allylic oxidation sites excluding steroid dienone is 1. The third-order valence-electron chi connectivity index (χ3n) is 1.12. The van der Waals surface area contributed by atoms with E-state index in [9.17, 15) is 0 Å². The van der Waals surface area contributed by atoms with Gasteiger partial charge in [-0.2, -0.15) is 0 Å². The number of guanidine groups is 1. The zero-order chi connectivity index (χ0) is 7.40. The second kappa shape index (κ2) is 2.86. The molecule has 4 N–H and O–H groups in total. The number of hydrazone groups is 1. The molecule has 1 heterocycles. The van der Waals surface area contributed by atoms with Gasteiger partial charge >= 0.3 is 0 Å². The molecule has 0 spiro atoms. The molecule has 5 heteroatoms. The Balaban J connectivity index is 2.59. The number of nitrogens with zero attached hydrogens (tertiary/aromatic N) is 3. The third kappa shape index (κ3) is 1.25. The van der Waals surface area contributed by atoms with Gasteiger partial charge in [-0.3, -0.25) is 9.89 Å². The van der Waals surface area contributed by atoms with Crippen LogP contribution in [0.2, 0.25) is 0 Å². The molecule has 0 aromatic rings. The Morgan fingerprint density at radius 3 is 3.00 bits per heavy atom. The summed E-state index contributed by atoms with van der Waals surface area (Å²) in [5.74, 6) is 5.21. The lowest BCUT2D eigenvalue weighted by Gasteiger charge is -2.16. The van der Waals surface area contributed by atoms with Gasteiger partial charge in [0.15, 0.2) is 0 Å². The summed E-state index contributed by atoms with van der Waals surface area (Å²) >= 11 is 0. The molecule has 0 amide bonds. The van der Waals surface area contributed by atoms with E-state index in [0.717, 1.165) is 0 Å². The molecule has 54 valence electrons. The quantitative estimate of drug-likeness (QED) is 0.196. The van der Waals surface area contributed by atoms with E-state index in [4.69, 9.17) is 11.6 Å². The molecule has 0 unspecified atom stereocenters. The van der Waals surface area contributed by atoms with Crippen molar-refractivity contribution in [2.24, 2.45) is 21.7 Å². The van der Waals surface area contributed by atoms with Crippen LogP contribution in [0.1, 0.15) is 0 Å². The highest BCUT2D eigenvalue weighted by molar-refractivity contribution is 5.81. The largest absolute Gasteiger partial charge is 0.368 e. The van der Waals surface area contributed by atoms with Crippen LogP contribution in [0.25, 0.3) is 0 Å². The monoisotopic (exact) mass is 139 g/mol. The molecule has 0 saturated carbocycles. The zero-order valence-corrected chi connectivity index (χ0v) is 5.44. The van der Waals surface area contributed by atoms with Gasteiger partial charge in [0.05, 0.1) is 0 Å². The van der Waals surface area contributed by atoms with Gasteiger partial charge in [0.1, 0.15) is 6.67 Å². The Labute approximate surface area is 58.7 Å². The first kappa shape index (κ1) is 6.60. The molecule has 0 bridgehead atoms. The predicted molar refractivity (Wildman–Crippen MR) is 40.1 cm³/mol. The van der Waals surface area contributed by atoms with Crippen molar-refractivity contribution in [1.82, 2.24) is 4.90 Å². The van der Waals surface area contributed by atoms with Gasteiger partial charge in [-0.25, -0.2) is 0 Å². The van der Waals surface area contributed by atoms with Gasteiger partial charge < -0.3 is 11.6 Å². The van der Waals surface area contributed by atoms with Gasteiger partial charge in [0.25, 0.3) is 0 Å². The van der Waals surface area contributed by atoms with Crippen LogP contribution in [-0.2, 0) is 0 Å². The van der Waals surface area contributed by atoms with Crippen LogP contribution in [0.5, 0.6) is 0 Å². The molecule has 0 aromatic heterocycles. The van der Waals surface area contributed by atoms with Crippen LogP contribution in [0, 0.1) is 0 Å². The number of hydrogen-bond acceptors (Lipinski definition) is 3. The minimum absolute atomic E-state index is 0.271. The molecule has 0 radical (unpaired) electrons. The lowest BCUT2D eigenvalue weighted by Crippen LogP contribution is -2.35. The molecule has 0 saturated heterocycles. The van der Waals surface area contributed by atoms with Crippen molar-refractivity contribution in [2.75, 3.05) is 6.67 Å². The second-order valence-corrected chi connectivity index (χ2v) is 1.77. The summed E-state index contributed by atoms with van der Waals surface area (Å²) in [6.45, 7) is 0.489. The van der Waals surface area contributed by atoms with E-state index in [1.807, 2.05) is 0 Å². The Hall–Kier alpha value is -1.52. The minimum atomic E-state index is 0.271. The van der Waals surface area contributed by atoms with Crippen LogP contribution in [0.15, 0.2) is 22.4 Å². The van der Waals surface area contributed by atoms with E-state index in [-0.39, 0.29) is 5.96 Å². The topological polar surface area (TPSA) is 80.0 Å². The molecular weight excluding hydrogens is 130 g/mol. The summed E-state index contributed by atoms with van der Waals surface area (Å²) in [6, 6.07) is 0. The lowest BCUT2D eigenvalue weighted by molar-refractivity contribution is 0.562. The molecule has 0 aromatic carbocycles. The molecule has 1 rings (SSSR count). The average Bonchev–Trinajstić information content (AvgIpc) is 2.05. The van der Waals surface area contributed by atoms with Crippen LogP contribution in [-0.4, -0.2) is 23.7 Å². The maximum Gasteiger partial charge on any atom is 0.218 e. The maximum absolute atomic E-state index is 5.37. The van der Waals surface area contributed by atoms with E-state index < -0.39 is 0 Å². The van der Waals surface area contributed by atoms with E-state index >= 15 is 0 Å². The molecule has 1 aliphatic rings. The fourth-order valence-corrected chi connectivity index (χ4v) is 0.608. The van der Waals surface area contributed by atoms with E-state index in [1.165, 1.54) is 0 Å². The first-order valence-electron chi connectivity index (χ1n) is 2.81. The average molecular weight is 139 g/mol. The minimum Gasteiger partial charge on any atom is -0.368 e. The molecule has 0 aliphatic carbocycles. The smallest absolute Gasteiger partial charge is 0.218 e. The highest BCUT2D eigenvalue weighted by Gasteiger charge is 2.02. The summed E-state index contributed by atoms with van der Waals surface area (Å²) in [6.07, 6.45) is 5.22. The number of hydrogen-bond donors (Lipinski definition) is 2. The number of aliphatic imine (C=N–C) groups is 1. The van der Waals surface area contributed by atoms with Crippen LogP contribution in [0.4, 0.5) is 0 Å². The Morgan fingerprint density at radius 2 is 2.50 bits per heavy atom. The Morgan fingerprint density at radius 1 is 1.70 bits per heavy atom. The lowest BCUT2D eigenvalue weighted by atomic mass is 10.5. The summed E-state index contributed by atoms with van der Waals surface area (Å²) in [4.78, 5) is 5.56. The van der Waals surface area contributed by atoms with E-state index in [1.54, 1.807) is 23.4 Å². The van der Waals surface area contributed by atoms with Crippen molar-refractivity contribution in [3.63, 3.8) is 0 Å². The van der Waals surface area contributed by atoms with Crippen molar-refractivity contribution in [3.05, 3.63) is 12.3 Å². The fourth-order valence-electron chi connectivity index (χ4n) is 0.608. The van der Waals surface area contributed by atoms with Crippen molar-refractivity contribution < 1.29 is 0 Å². The summed E-state index contributed by atoms with van der Waals surface area (Å²) in [5.41, 5.74) is 5.37.